The molecule has 5 heteroatoms. The van der Waals surface area contributed by atoms with Gasteiger partial charge in [0.2, 0.25) is 6.73 Å². The Morgan fingerprint density at radius 1 is 1.18 bits per heavy atom. The number of aryl methyl sites for hydroxylation is 2. The van der Waals surface area contributed by atoms with Gasteiger partial charge < -0.3 is 9.15 Å². The second-order valence-electron chi connectivity index (χ2n) is 7.55. The fourth-order valence-electron chi connectivity index (χ4n) is 4.05. The SMILES string of the molecule is CCCc1cc(=O)oc2c(C)c3c(cc12)C[NH+](CCc1cccc(F)c1)CO3. The molecule has 0 aliphatic carbocycles. The van der Waals surface area contributed by atoms with Gasteiger partial charge in [0, 0.05) is 29.0 Å². The molecule has 2 aromatic carbocycles. The maximum absolute atomic E-state index is 13.4. The highest BCUT2D eigenvalue weighted by molar-refractivity contribution is 5.86. The van der Waals surface area contributed by atoms with Crippen molar-refractivity contribution in [1.29, 1.82) is 0 Å². The Kier molecular flexibility index (Phi) is 5.18. The van der Waals surface area contributed by atoms with E-state index in [4.69, 9.17) is 9.15 Å². The van der Waals surface area contributed by atoms with E-state index in [1.54, 1.807) is 18.2 Å². The average Bonchev–Trinajstić information content (AvgIpc) is 2.67. The van der Waals surface area contributed by atoms with Crippen LogP contribution in [0.25, 0.3) is 11.0 Å². The number of halogens is 1. The summed E-state index contributed by atoms with van der Waals surface area (Å²) in [4.78, 5) is 13.3. The highest BCUT2D eigenvalue weighted by Crippen LogP contribution is 2.33. The predicted octanol–water partition coefficient (Wildman–Crippen LogP) is 3.17. The third-order valence-corrected chi connectivity index (χ3v) is 5.41. The van der Waals surface area contributed by atoms with Crippen LogP contribution in [0.1, 0.15) is 35.6 Å². The Labute approximate surface area is 163 Å². The van der Waals surface area contributed by atoms with Crippen molar-refractivity contribution in [3.63, 3.8) is 0 Å². The molecule has 3 aromatic rings. The number of fused-ring (bicyclic) bond motifs is 2. The first kappa shape index (κ1) is 18.7. The van der Waals surface area contributed by atoms with Gasteiger partial charge in [-0.25, -0.2) is 9.18 Å². The Morgan fingerprint density at radius 3 is 2.82 bits per heavy atom. The zero-order valence-corrected chi connectivity index (χ0v) is 16.3. The summed E-state index contributed by atoms with van der Waals surface area (Å²) >= 11 is 0. The van der Waals surface area contributed by atoms with Crippen molar-refractivity contribution in [3.8, 4) is 5.75 Å². The molecule has 2 heterocycles. The lowest BCUT2D eigenvalue weighted by molar-refractivity contribution is -0.932. The van der Waals surface area contributed by atoms with Crippen LogP contribution in [0.2, 0.25) is 0 Å². The quantitative estimate of drug-likeness (QED) is 0.690. The smallest absolute Gasteiger partial charge is 0.336 e. The third kappa shape index (κ3) is 3.67. The normalized spacial score (nSPS) is 16.0. The van der Waals surface area contributed by atoms with Crippen molar-refractivity contribution in [2.45, 2.75) is 39.7 Å². The molecule has 1 aromatic heterocycles. The van der Waals surface area contributed by atoms with E-state index >= 15 is 0 Å². The average molecular weight is 382 g/mol. The summed E-state index contributed by atoms with van der Waals surface area (Å²) in [6.07, 6.45) is 2.61. The molecule has 4 rings (SSSR count). The first-order valence-electron chi connectivity index (χ1n) is 9.85. The molecule has 146 valence electrons. The van der Waals surface area contributed by atoms with Crippen LogP contribution in [-0.2, 0) is 19.4 Å². The van der Waals surface area contributed by atoms with Gasteiger partial charge >= 0.3 is 5.63 Å². The molecule has 0 saturated heterocycles. The summed E-state index contributed by atoms with van der Waals surface area (Å²) < 4.78 is 25.0. The zero-order chi connectivity index (χ0) is 19.7. The molecule has 1 aliphatic heterocycles. The summed E-state index contributed by atoms with van der Waals surface area (Å²) in [5, 5.41) is 1.01. The number of quaternary nitrogens is 1. The Morgan fingerprint density at radius 2 is 2.04 bits per heavy atom. The van der Waals surface area contributed by atoms with Crippen LogP contribution in [0.5, 0.6) is 5.75 Å². The van der Waals surface area contributed by atoms with Gasteiger partial charge in [-0.1, -0.05) is 25.5 Å². The maximum Gasteiger partial charge on any atom is 0.336 e. The molecular weight excluding hydrogens is 357 g/mol. The van der Waals surface area contributed by atoms with Gasteiger partial charge in [-0.2, -0.15) is 0 Å². The fourth-order valence-corrected chi connectivity index (χ4v) is 4.05. The highest BCUT2D eigenvalue weighted by atomic mass is 19.1. The van der Waals surface area contributed by atoms with Crippen LogP contribution in [0.3, 0.4) is 0 Å². The molecule has 0 spiro atoms. The summed E-state index contributed by atoms with van der Waals surface area (Å²) in [7, 11) is 0. The third-order valence-electron chi connectivity index (χ3n) is 5.41. The molecule has 1 unspecified atom stereocenters. The van der Waals surface area contributed by atoms with Crippen molar-refractivity contribution in [1.82, 2.24) is 0 Å². The standard InChI is InChI=1S/C23H24FNO3/c1-3-5-17-12-21(26)28-23-15(2)22-18(11-20(17)23)13-25(14-27-22)9-8-16-6-4-7-19(24)10-16/h4,6-7,10-12H,3,5,8-9,13-14H2,1-2H3/p+1. The largest absolute Gasteiger partial charge is 0.444 e. The van der Waals surface area contributed by atoms with Gasteiger partial charge in [0.25, 0.3) is 0 Å². The number of benzene rings is 2. The van der Waals surface area contributed by atoms with Crippen molar-refractivity contribution >= 4 is 11.0 Å². The summed E-state index contributed by atoms with van der Waals surface area (Å²) in [6.45, 7) is 6.32. The lowest BCUT2D eigenvalue weighted by Gasteiger charge is -2.27. The zero-order valence-electron chi connectivity index (χ0n) is 16.3. The minimum absolute atomic E-state index is 0.195. The number of hydrogen-bond donors (Lipinski definition) is 1. The number of nitrogens with one attached hydrogen (secondary N) is 1. The molecule has 0 radical (unpaired) electrons. The fraction of sp³-hybridized carbons (Fsp3) is 0.348. The van der Waals surface area contributed by atoms with Crippen LogP contribution in [0, 0.1) is 12.7 Å². The van der Waals surface area contributed by atoms with Gasteiger partial charge in [-0.15, -0.1) is 0 Å². The molecule has 4 nitrogen and oxygen atoms in total. The second kappa shape index (κ2) is 7.76. The summed E-state index contributed by atoms with van der Waals surface area (Å²) in [5.74, 6) is 0.638. The molecular formula is C23H25FNO3+. The number of ether oxygens (including phenoxy) is 1. The van der Waals surface area contributed by atoms with E-state index < -0.39 is 0 Å². The van der Waals surface area contributed by atoms with E-state index in [1.807, 2.05) is 13.0 Å². The highest BCUT2D eigenvalue weighted by Gasteiger charge is 2.25. The van der Waals surface area contributed by atoms with Crippen LogP contribution in [-0.4, -0.2) is 13.3 Å². The minimum Gasteiger partial charge on any atom is -0.444 e. The maximum atomic E-state index is 13.4. The molecule has 1 N–H and O–H groups in total. The van der Waals surface area contributed by atoms with E-state index in [1.165, 1.54) is 11.0 Å². The van der Waals surface area contributed by atoms with Crippen molar-refractivity contribution in [2.75, 3.05) is 13.3 Å². The second-order valence-corrected chi connectivity index (χ2v) is 7.55. The van der Waals surface area contributed by atoms with E-state index in [-0.39, 0.29) is 11.4 Å². The van der Waals surface area contributed by atoms with Crippen molar-refractivity contribution in [2.24, 2.45) is 0 Å². The molecule has 0 bridgehead atoms. The topological polar surface area (TPSA) is 43.9 Å². The minimum atomic E-state index is -0.308. The van der Waals surface area contributed by atoms with Crippen molar-refractivity contribution in [3.05, 3.63) is 74.9 Å². The van der Waals surface area contributed by atoms with E-state index in [0.29, 0.717) is 12.3 Å². The number of hydrogen-bond acceptors (Lipinski definition) is 3. The predicted molar refractivity (Wildman–Crippen MR) is 106 cm³/mol. The lowest BCUT2D eigenvalue weighted by atomic mass is 9.98. The molecule has 28 heavy (non-hydrogen) atoms. The van der Waals surface area contributed by atoms with E-state index in [9.17, 15) is 9.18 Å². The first-order chi connectivity index (χ1) is 13.5. The molecule has 0 fully saturated rings. The molecule has 1 aliphatic rings. The van der Waals surface area contributed by atoms with Crippen LogP contribution >= 0.6 is 0 Å². The first-order valence-corrected chi connectivity index (χ1v) is 9.85. The molecule has 1 atom stereocenters. The molecule has 0 amide bonds. The Hall–Kier alpha value is -2.66. The van der Waals surface area contributed by atoms with Gasteiger partial charge in [-0.05, 0) is 42.7 Å². The van der Waals surface area contributed by atoms with Crippen LogP contribution < -0.4 is 15.3 Å². The van der Waals surface area contributed by atoms with E-state index in [0.717, 1.165) is 65.7 Å². The number of rotatable bonds is 5. The van der Waals surface area contributed by atoms with Crippen LogP contribution in [0.4, 0.5) is 4.39 Å². The van der Waals surface area contributed by atoms with E-state index in [2.05, 4.69) is 13.0 Å². The lowest BCUT2D eigenvalue weighted by Crippen LogP contribution is -3.12. The van der Waals surface area contributed by atoms with Gasteiger partial charge in [0.15, 0.2) is 0 Å². The van der Waals surface area contributed by atoms with Crippen molar-refractivity contribution < 1.29 is 18.4 Å². The molecule has 0 saturated carbocycles. The van der Waals surface area contributed by atoms with Gasteiger partial charge in [0.05, 0.1) is 6.54 Å². The Balaban J connectivity index is 1.61. The van der Waals surface area contributed by atoms with Gasteiger partial charge in [-0.3, -0.25) is 4.90 Å². The summed E-state index contributed by atoms with van der Waals surface area (Å²) in [6, 6.07) is 10.5. The summed E-state index contributed by atoms with van der Waals surface area (Å²) in [5.41, 5.74) is 4.39. The van der Waals surface area contributed by atoms with Gasteiger partial charge in [0.1, 0.15) is 23.7 Å². The Bertz CT molecular complexity index is 1070. The monoisotopic (exact) mass is 382 g/mol. The van der Waals surface area contributed by atoms with Crippen LogP contribution in [0.15, 0.2) is 45.6 Å².